The molecule has 0 aliphatic carbocycles. The first-order chi connectivity index (χ1) is 8.81. The monoisotopic (exact) mass is 286 g/mol. The first-order valence-electron chi connectivity index (χ1n) is 5.82. The van der Waals surface area contributed by atoms with E-state index < -0.39 is 9.84 Å². The zero-order valence-corrected chi connectivity index (χ0v) is 12.0. The van der Waals surface area contributed by atoms with Crippen molar-refractivity contribution in [2.45, 2.75) is 19.4 Å². The number of nitrogens with zero attached hydrogens (tertiary/aromatic N) is 2. The first-order valence-corrected chi connectivity index (χ1v) is 7.88. The van der Waals surface area contributed by atoms with Crippen molar-refractivity contribution >= 4 is 21.6 Å². The number of nitrogens with one attached hydrogen (secondary N) is 2. The van der Waals surface area contributed by atoms with E-state index in [1.54, 1.807) is 12.1 Å². The molecular formula is C11H18N4O3S. The lowest BCUT2D eigenvalue weighted by atomic mass is 10.2. The second-order valence-electron chi connectivity index (χ2n) is 4.35. The Labute approximate surface area is 112 Å². The fourth-order valence-electron chi connectivity index (χ4n) is 1.37. The highest BCUT2D eigenvalue weighted by Gasteiger charge is 2.09. The van der Waals surface area contributed by atoms with Crippen LogP contribution in [0.2, 0.25) is 0 Å². The molecule has 0 fully saturated rings. The van der Waals surface area contributed by atoms with E-state index in [0.717, 1.165) is 0 Å². The molecule has 0 saturated carbocycles. The first kappa shape index (κ1) is 15.4. The van der Waals surface area contributed by atoms with Gasteiger partial charge in [-0.15, -0.1) is 10.2 Å². The highest BCUT2D eigenvalue weighted by atomic mass is 32.2. The molecule has 0 aliphatic rings. The molecule has 1 heterocycles. The number of rotatable bonds is 6. The minimum Gasteiger partial charge on any atom is -0.366 e. The molecule has 0 aliphatic heterocycles. The van der Waals surface area contributed by atoms with Crippen LogP contribution in [0.4, 0.5) is 5.82 Å². The lowest BCUT2D eigenvalue weighted by molar-refractivity contribution is 0.0957. The lowest BCUT2D eigenvalue weighted by Crippen LogP contribution is -2.22. The van der Waals surface area contributed by atoms with E-state index in [2.05, 4.69) is 20.8 Å². The largest absolute Gasteiger partial charge is 0.366 e. The summed E-state index contributed by atoms with van der Waals surface area (Å²) in [6, 6.07) is 3.14. The van der Waals surface area contributed by atoms with Gasteiger partial charge in [-0.3, -0.25) is 4.79 Å². The summed E-state index contributed by atoms with van der Waals surface area (Å²) in [5.41, 5.74) is 0.233. The minimum absolute atomic E-state index is 0.0464. The third-order valence-electron chi connectivity index (χ3n) is 2.44. The molecule has 0 aromatic carbocycles. The van der Waals surface area contributed by atoms with Crippen LogP contribution in [0.25, 0.3) is 0 Å². The van der Waals surface area contributed by atoms with Gasteiger partial charge >= 0.3 is 0 Å². The van der Waals surface area contributed by atoms with Crippen molar-refractivity contribution < 1.29 is 13.2 Å². The van der Waals surface area contributed by atoms with Crippen LogP contribution in [0.15, 0.2) is 12.1 Å². The summed E-state index contributed by atoms with van der Waals surface area (Å²) in [4.78, 5) is 11.3. The summed E-state index contributed by atoms with van der Waals surface area (Å²) in [7, 11) is -1.44. The smallest absolute Gasteiger partial charge is 0.271 e. The Morgan fingerprint density at radius 2 is 2.05 bits per heavy atom. The van der Waals surface area contributed by atoms with Crippen molar-refractivity contribution in [1.82, 2.24) is 15.5 Å². The van der Waals surface area contributed by atoms with Gasteiger partial charge in [-0.25, -0.2) is 8.42 Å². The van der Waals surface area contributed by atoms with Gasteiger partial charge in [0.15, 0.2) is 5.69 Å². The van der Waals surface area contributed by atoms with Crippen LogP contribution in [0.5, 0.6) is 0 Å². The summed E-state index contributed by atoms with van der Waals surface area (Å²) in [6.45, 7) is 1.86. The predicted octanol–water partition coefficient (Wildman–Crippen LogP) is 0.0713. The Hall–Kier alpha value is -1.70. The van der Waals surface area contributed by atoms with Crippen LogP contribution >= 0.6 is 0 Å². The van der Waals surface area contributed by atoms with Crippen molar-refractivity contribution in [3.8, 4) is 0 Å². The van der Waals surface area contributed by atoms with Crippen LogP contribution in [-0.4, -0.2) is 49.6 Å². The quantitative estimate of drug-likeness (QED) is 0.767. The zero-order valence-electron chi connectivity index (χ0n) is 11.2. The molecule has 1 aromatic heterocycles. The maximum absolute atomic E-state index is 11.3. The fraction of sp³-hybridized carbons (Fsp3) is 0.545. The third kappa shape index (κ3) is 5.64. The van der Waals surface area contributed by atoms with Gasteiger partial charge in [0, 0.05) is 19.3 Å². The van der Waals surface area contributed by atoms with E-state index in [4.69, 9.17) is 0 Å². The molecule has 2 N–H and O–H groups in total. The summed E-state index contributed by atoms with van der Waals surface area (Å²) >= 11 is 0. The van der Waals surface area contributed by atoms with Crippen molar-refractivity contribution in [1.29, 1.82) is 0 Å². The van der Waals surface area contributed by atoms with E-state index in [1.807, 2.05) is 6.92 Å². The highest BCUT2D eigenvalue weighted by molar-refractivity contribution is 7.90. The Morgan fingerprint density at radius 1 is 1.37 bits per heavy atom. The number of anilines is 1. The molecule has 1 rings (SSSR count). The number of amides is 1. The van der Waals surface area contributed by atoms with E-state index in [0.29, 0.717) is 12.2 Å². The SMILES string of the molecule is CNC(=O)c1ccc(NC(C)CCS(C)(=O)=O)nn1. The fourth-order valence-corrected chi connectivity index (χ4v) is 2.16. The van der Waals surface area contributed by atoms with Gasteiger partial charge < -0.3 is 10.6 Å². The van der Waals surface area contributed by atoms with Crippen LogP contribution < -0.4 is 10.6 Å². The van der Waals surface area contributed by atoms with Gasteiger partial charge in [0.1, 0.15) is 15.7 Å². The summed E-state index contributed by atoms with van der Waals surface area (Å²) in [5.74, 6) is 0.322. The molecule has 7 nitrogen and oxygen atoms in total. The number of hydrogen-bond acceptors (Lipinski definition) is 6. The van der Waals surface area contributed by atoms with E-state index in [1.165, 1.54) is 13.3 Å². The maximum Gasteiger partial charge on any atom is 0.271 e. The molecule has 8 heteroatoms. The second kappa shape index (κ2) is 6.46. The molecule has 1 amide bonds. The number of aromatic nitrogens is 2. The maximum atomic E-state index is 11.3. The van der Waals surface area contributed by atoms with E-state index in [9.17, 15) is 13.2 Å². The third-order valence-corrected chi connectivity index (χ3v) is 3.42. The van der Waals surface area contributed by atoms with Crippen LogP contribution in [0, 0.1) is 0 Å². The topological polar surface area (TPSA) is 101 Å². The molecule has 1 atom stereocenters. The molecule has 0 spiro atoms. The van der Waals surface area contributed by atoms with E-state index in [-0.39, 0.29) is 23.4 Å². The second-order valence-corrected chi connectivity index (χ2v) is 6.61. The Balaban J connectivity index is 2.55. The molecule has 1 aromatic rings. The summed E-state index contributed by atoms with van der Waals surface area (Å²) < 4.78 is 22.1. The Morgan fingerprint density at radius 3 is 2.53 bits per heavy atom. The summed E-state index contributed by atoms with van der Waals surface area (Å²) in [5, 5.41) is 13.1. The van der Waals surface area contributed by atoms with Gasteiger partial charge in [-0.2, -0.15) is 0 Å². The normalized spacial score (nSPS) is 12.8. The number of carbonyl (C=O) groups excluding carboxylic acids is 1. The van der Waals surface area contributed by atoms with Gasteiger partial charge in [-0.1, -0.05) is 0 Å². The van der Waals surface area contributed by atoms with E-state index >= 15 is 0 Å². The van der Waals surface area contributed by atoms with Crippen LogP contribution in [0.3, 0.4) is 0 Å². The zero-order chi connectivity index (χ0) is 14.5. The van der Waals surface area contributed by atoms with Crippen molar-refractivity contribution in [2.75, 3.05) is 24.4 Å². The van der Waals surface area contributed by atoms with Gasteiger partial charge in [-0.05, 0) is 25.5 Å². The molecule has 0 radical (unpaired) electrons. The average Bonchev–Trinajstić information content (AvgIpc) is 2.35. The standard InChI is InChI=1S/C11H18N4O3S/c1-8(6-7-19(3,17)18)13-10-5-4-9(14-15-10)11(16)12-2/h4-5,8H,6-7H2,1-3H3,(H,12,16)(H,13,15). The molecule has 0 saturated heterocycles. The molecule has 0 bridgehead atoms. The minimum atomic E-state index is -2.96. The number of carbonyl (C=O) groups is 1. The van der Waals surface area contributed by atoms with Crippen LogP contribution in [0.1, 0.15) is 23.8 Å². The molecular weight excluding hydrogens is 268 g/mol. The lowest BCUT2D eigenvalue weighted by Gasteiger charge is -2.13. The average molecular weight is 286 g/mol. The number of hydrogen-bond donors (Lipinski definition) is 2. The Bertz CT molecular complexity index is 527. The molecule has 1 unspecified atom stereocenters. The number of sulfone groups is 1. The van der Waals surface area contributed by atoms with Crippen molar-refractivity contribution in [2.24, 2.45) is 0 Å². The van der Waals surface area contributed by atoms with Crippen molar-refractivity contribution in [3.63, 3.8) is 0 Å². The Kier molecular flexibility index (Phi) is 5.22. The van der Waals surface area contributed by atoms with Crippen molar-refractivity contribution in [3.05, 3.63) is 17.8 Å². The summed E-state index contributed by atoms with van der Waals surface area (Å²) in [6.07, 6.45) is 1.69. The molecule has 106 valence electrons. The predicted molar refractivity (Wildman–Crippen MR) is 72.8 cm³/mol. The highest BCUT2D eigenvalue weighted by Crippen LogP contribution is 2.06. The molecule has 19 heavy (non-hydrogen) atoms. The van der Waals surface area contributed by atoms with Gasteiger partial charge in [0.2, 0.25) is 0 Å². The van der Waals surface area contributed by atoms with Gasteiger partial charge in [0.05, 0.1) is 5.75 Å². The van der Waals surface area contributed by atoms with Gasteiger partial charge in [0.25, 0.3) is 5.91 Å². The van der Waals surface area contributed by atoms with Crippen LogP contribution in [-0.2, 0) is 9.84 Å².